The van der Waals surface area contributed by atoms with Crippen LogP contribution in [0.4, 0.5) is 0 Å². The van der Waals surface area contributed by atoms with E-state index in [0.29, 0.717) is 13.1 Å². The van der Waals surface area contributed by atoms with Gasteiger partial charge in [0.25, 0.3) is 11.8 Å². The van der Waals surface area contributed by atoms with Crippen molar-refractivity contribution in [2.75, 3.05) is 0 Å². The van der Waals surface area contributed by atoms with E-state index in [0.717, 1.165) is 22.3 Å². The number of benzene rings is 2. The minimum absolute atomic E-state index is 0.155. The first-order chi connectivity index (χ1) is 13.4. The van der Waals surface area contributed by atoms with Crippen molar-refractivity contribution in [2.24, 2.45) is 11.5 Å². The first-order valence-electron chi connectivity index (χ1n) is 8.92. The van der Waals surface area contributed by atoms with Crippen LogP contribution in [0.2, 0.25) is 0 Å². The Hall–Kier alpha value is -2.78. The van der Waals surface area contributed by atoms with E-state index < -0.39 is 24.0 Å². The molecule has 2 amide bonds. The van der Waals surface area contributed by atoms with Gasteiger partial charge in [0.05, 0.1) is 0 Å². The molecule has 0 fully saturated rings. The van der Waals surface area contributed by atoms with Crippen LogP contribution in [0, 0.1) is 0 Å². The van der Waals surface area contributed by atoms with E-state index in [1.54, 1.807) is 24.3 Å². The third-order valence-electron chi connectivity index (χ3n) is 4.29. The molecule has 0 heterocycles. The highest BCUT2D eigenvalue weighted by Crippen LogP contribution is 2.05. The fourth-order valence-corrected chi connectivity index (χ4v) is 2.46. The van der Waals surface area contributed by atoms with Crippen molar-refractivity contribution >= 4 is 11.8 Å². The van der Waals surface area contributed by atoms with Crippen LogP contribution in [-0.2, 0) is 35.8 Å². The first kappa shape index (κ1) is 21.5. The zero-order valence-corrected chi connectivity index (χ0v) is 15.5. The molecule has 0 saturated heterocycles. The van der Waals surface area contributed by atoms with Crippen LogP contribution in [0.5, 0.6) is 0 Å². The monoisotopic (exact) mass is 386 g/mol. The standard InChI is InChI=1S/C20H26N4O4/c21-9-13-1-5-15(6-2-13)11-23-19(27)17(25)18(26)20(28)24-12-16-7-3-14(10-22)4-8-16/h1-8,17-18,25-26H,9-12,21-22H2,(H,23,27)(H,24,28)/t17-,18-/m0/s1. The van der Waals surface area contributed by atoms with Gasteiger partial charge in [0.1, 0.15) is 0 Å². The molecule has 0 unspecified atom stereocenters. The quantitative estimate of drug-likeness (QED) is 0.334. The molecule has 8 N–H and O–H groups in total. The van der Waals surface area contributed by atoms with E-state index >= 15 is 0 Å². The molecule has 28 heavy (non-hydrogen) atoms. The van der Waals surface area contributed by atoms with E-state index in [4.69, 9.17) is 11.5 Å². The first-order valence-corrected chi connectivity index (χ1v) is 8.92. The highest BCUT2D eigenvalue weighted by Gasteiger charge is 2.29. The van der Waals surface area contributed by atoms with Crippen molar-refractivity contribution in [1.82, 2.24) is 10.6 Å². The van der Waals surface area contributed by atoms with E-state index in [2.05, 4.69) is 10.6 Å². The lowest BCUT2D eigenvalue weighted by Crippen LogP contribution is -2.49. The fraction of sp³-hybridized carbons (Fsp3) is 0.300. The number of amides is 2. The maximum Gasteiger partial charge on any atom is 0.252 e. The van der Waals surface area contributed by atoms with Crippen molar-refractivity contribution in [3.05, 3.63) is 70.8 Å². The van der Waals surface area contributed by atoms with Crippen molar-refractivity contribution < 1.29 is 19.8 Å². The average molecular weight is 386 g/mol. The highest BCUT2D eigenvalue weighted by molar-refractivity contribution is 5.90. The van der Waals surface area contributed by atoms with Crippen LogP contribution >= 0.6 is 0 Å². The fourth-order valence-electron chi connectivity index (χ4n) is 2.46. The molecule has 2 atom stereocenters. The van der Waals surface area contributed by atoms with Crippen LogP contribution in [-0.4, -0.2) is 34.2 Å². The van der Waals surface area contributed by atoms with E-state index in [9.17, 15) is 19.8 Å². The van der Waals surface area contributed by atoms with Gasteiger partial charge >= 0.3 is 0 Å². The largest absolute Gasteiger partial charge is 0.380 e. The summed E-state index contributed by atoms with van der Waals surface area (Å²) >= 11 is 0. The van der Waals surface area contributed by atoms with Crippen molar-refractivity contribution in [2.45, 2.75) is 38.4 Å². The molecular formula is C20H26N4O4. The summed E-state index contributed by atoms with van der Waals surface area (Å²) < 4.78 is 0. The molecule has 8 nitrogen and oxygen atoms in total. The van der Waals surface area contributed by atoms with Gasteiger partial charge in [-0.2, -0.15) is 0 Å². The molecule has 0 aliphatic heterocycles. The highest BCUT2D eigenvalue weighted by atomic mass is 16.3. The molecule has 2 aromatic rings. The Kier molecular flexibility index (Phi) is 8.09. The van der Waals surface area contributed by atoms with Gasteiger partial charge in [-0.3, -0.25) is 9.59 Å². The second-order valence-corrected chi connectivity index (χ2v) is 6.37. The van der Waals surface area contributed by atoms with Gasteiger partial charge in [0.15, 0.2) is 12.2 Å². The number of carbonyl (C=O) groups is 2. The van der Waals surface area contributed by atoms with Crippen molar-refractivity contribution in [1.29, 1.82) is 0 Å². The number of nitrogens with one attached hydrogen (secondary N) is 2. The van der Waals surface area contributed by atoms with Gasteiger partial charge in [0, 0.05) is 26.2 Å². The molecule has 0 spiro atoms. The third-order valence-corrected chi connectivity index (χ3v) is 4.29. The predicted octanol–water partition coefficient (Wildman–Crippen LogP) is -0.742. The second kappa shape index (κ2) is 10.5. The van der Waals surface area contributed by atoms with Crippen molar-refractivity contribution in [3.63, 3.8) is 0 Å². The third kappa shape index (κ3) is 6.14. The summed E-state index contributed by atoms with van der Waals surface area (Å²) in [5, 5.41) is 24.8. The van der Waals surface area contributed by atoms with E-state index in [1.807, 2.05) is 24.3 Å². The molecule has 0 saturated carbocycles. The molecule has 0 aliphatic rings. The van der Waals surface area contributed by atoms with Gasteiger partial charge in [-0.25, -0.2) is 0 Å². The lowest BCUT2D eigenvalue weighted by molar-refractivity contribution is -0.146. The second-order valence-electron chi connectivity index (χ2n) is 6.37. The Morgan fingerprint density at radius 1 is 0.679 bits per heavy atom. The summed E-state index contributed by atoms with van der Waals surface area (Å²) in [6, 6.07) is 14.5. The molecule has 8 heteroatoms. The minimum Gasteiger partial charge on any atom is -0.380 e. The average Bonchev–Trinajstić information content (AvgIpc) is 2.75. The lowest BCUT2D eigenvalue weighted by Gasteiger charge is -2.17. The van der Waals surface area contributed by atoms with Crippen molar-refractivity contribution in [3.8, 4) is 0 Å². The number of hydrogen-bond donors (Lipinski definition) is 6. The molecule has 0 aliphatic carbocycles. The van der Waals surface area contributed by atoms with E-state index in [-0.39, 0.29) is 13.1 Å². The summed E-state index contributed by atoms with van der Waals surface area (Å²) in [5.41, 5.74) is 14.6. The topological polar surface area (TPSA) is 151 Å². The zero-order valence-electron chi connectivity index (χ0n) is 15.5. The van der Waals surface area contributed by atoms with Gasteiger partial charge in [-0.05, 0) is 22.3 Å². The number of aliphatic hydroxyl groups is 2. The molecule has 0 radical (unpaired) electrons. The van der Waals surface area contributed by atoms with Gasteiger partial charge < -0.3 is 32.3 Å². The molecule has 0 aromatic heterocycles. The van der Waals surface area contributed by atoms with Gasteiger partial charge in [-0.1, -0.05) is 48.5 Å². The van der Waals surface area contributed by atoms with Gasteiger partial charge in [-0.15, -0.1) is 0 Å². The molecule has 2 aromatic carbocycles. The zero-order chi connectivity index (χ0) is 20.5. The summed E-state index contributed by atoms with van der Waals surface area (Å²) in [4.78, 5) is 24.0. The van der Waals surface area contributed by atoms with Crippen LogP contribution in [0.25, 0.3) is 0 Å². The summed E-state index contributed by atoms with van der Waals surface area (Å²) in [6.45, 7) is 1.15. The summed E-state index contributed by atoms with van der Waals surface area (Å²) in [7, 11) is 0. The normalized spacial score (nSPS) is 12.9. The number of nitrogens with two attached hydrogens (primary N) is 2. The van der Waals surface area contributed by atoms with Crippen LogP contribution in [0.1, 0.15) is 22.3 Å². The number of hydrogen-bond acceptors (Lipinski definition) is 6. The Bertz CT molecular complexity index is 710. The molecular weight excluding hydrogens is 360 g/mol. The summed E-state index contributed by atoms with van der Waals surface area (Å²) in [6.07, 6.45) is -3.74. The lowest BCUT2D eigenvalue weighted by atomic mass is 10.1. The SMILES string of the molecule is NCc1ccc(CNC(=O)[C@@H](O)[C@H](O)C(=O)NCc2ccc(CN)cc2)cc1. The van der Waals surface area contributed by atoms with Gasteiger partial charge in [0.2, 0.25) is 0 Å². The Balaban J connectivity index is 1.80. The maximum atomic E-state index is 12.0. The van der Waals surface area contributed by atoms with E-state index in [1.165, 1.54) is 0 Å². The summed E-state index contributed by atoms with van der Waals surface area (Å²) in [5.74, 6) is -1.67. The molecule has 2 rings (SSSR count). The van der Waals surface area contributed by atoms with Crippen LogP contribution in [0.3, 0.4) is 0 Å². The molecule has 0 bridgehead atoms. The Morgan fingerprint density at radius 3 is 1.25 bits per heavy atom. The molecule has 150 valence electrons. The Labute approximate surface area is 163 Å². The number of aliphatic hydroxyl groups excluding tert-OH is 2. The number of rotatable bonds is 9. The van der Waals surface area contributed by atoms with Crippen LogP contribution in [0.15, 0.2) is 48.5 Å². The number of carbonyl (C=O) groups excluding carboxylic acids is 2. The van der Waals surface area contributed by atoms with Crippen LogP contribution < -0.4 is 22.1 Å². The Morgan fingerprint density at radius 2 is 0.964 bits per heavy atom. The minimum atomic E-state index is -1.87. The smallest absolute Gasteiger partial charge is 0.252 e. The predicted molar refractivity (Wildman–Crippen MR) is 104 cm³/mol. The maximum absolute atomic E-state index is 12.0.